The van der Waals surface area contributed by atoms with Crippen LogP contribution in [0.4, 0.5) is 23.2 Å². The van der Waals surface area contributed by atoms with Crippen molar-refractivity contribution in [2.75, 3.05) is 18.0 Å². The van der Waals surface area contributed by atoms with Crippen molar-refractivity contribution in [1.82, 2.24) is 4.72 Å². The molecule has 2 atom stereocenters. The maximum absolute atomic E-state index is 13.3. The third-order valence-electron chi connectivity index (χ3n) is 4.41. The van der Waals surface area contributed by atoms with Gasteiger partial charge in [0.2, 0.25) is 0 Å². The van der Waals surface area contributed by atoms with Crippen molar-refractivity contribution in [3.05, 3.63) is 59.4 Å². The summed E-state index contributed by atoms with van der Waals surface area (Å²) in [5.74, 6) is -0.264. The van der Waals surface area contributed by atoms with Gasteiger partial charge in [-0.1, -0.05) is 0 Å². The van der Waals surface area contributed by atoms with Gasteiger partial charge in [-0.2, -0.15) is 13.2 Å². The molecule has 2 aromatic rings. The number of anilines is 1. The predicted molar refractivity (Wildman–Crippen MR) is 92.8 cm³/mol. The summed E-state index contributed by atoms with van der Waals surface area (Å²) in [5.41, 5.74) is 1.13. The quantitative estimate of drug-likeness (QED) is 0.791. The molecule has 0 bridgehead atoms. The summed E-state index contributed by atoms with van der Waals surface area (Å²) in [5, 5.41) is 0. The Morgan fingerprint density at radius 2 is 1.88 bits per heavy atom. The Labute approximate surface area is 151 Å². The highest BCUT2D eigenvalue weighted by atomic mass is 32.2. The zero-order valence-corrected chi connectivity index (χ0v) is 14.8. The smallest absolute Gasteiger partial charge is 0.367 e. The molecule has 1 aliphatic rings. The third-order valence-corrected chi connectivity index (χ3v) is 5.54. The van der Waals surface area contributed by atoms with E-state index in [1.54, 1.807) is 6.07 Å². The summed E-state index contributed by atoms with van der Waals surface area (Å²) in [6.07, 6.45) is -3.66. The van der Waals surface area contributed by atoms with Crippen LogP contribution >= 0.6 is 0 Å². The first kappa shape index (κ1) is 18.8. The Balaban J connectivity index is 1.60. The zero-order valence-electron chi connectivity index (χ0n) is 14.0. The van der Waals surface area contributed by atoms with Gasteiger partial charge in [-0.05, 0) is 61.4 Å². The molecule has 1 N–H and O–H groups in total. The molecule has 0 aromatic heterocycles. The molecule has 0 aliphatic carbocycles. The molecule has 2 aromatic carbocycles. The fourth-order valence-electron chi connectivity index (χ4n) is 3.01. The fourth-order valence-corrected chi connectivity index (χ4v) is 3.95. The molecule has 8 heteroatoms. The summed E-state index contributed by atoms with van der Waals surface area (Å²) in [6, 6.07) is 8.94. The van der Waals surface area contributed by atoms with Crippen molar-refractivity contribution in [1.29, 1.82) is 0 Å². The van der Waals surface area contributed by atoms with Gasteiger partial charge >= 0.3 is 6.18 Å². The highest BCUT2D eigenvalue weighted by Crippen LogP contribution is 2.31. The zero-order chi connectivity index (χ0) is 18.9. The van der Waals surface area contributed by atoms with E-state index in [0.29, 0.717) is 6.54 Å². The molecule has 3 rings (SSSR count). The summed E-state index contributed by atoms with van der Waals surface area (Å²) in [7, 11) is -1.60. The number of hydrogen-bond donors (Lipinski definition) is 1. The predicted octanol–water partition coefficient (Wildman–Crippen LogP) is 3.91. The molecule has 140 valence electrons. The van der Waals surface area contributed by atoms with Crippen LogP contribution in [-0.4, -0.2) is 23.3 Å². The van der Waals surface area contributed by atoms with E-state index in [-0.39, 0.29) is 16.8 Å². The first-order chi connectivity index (χ1) is 12.3. The highest BCUT2D eigenvalue weighted by Gasteiger charge is 2.30. The van der Waals surface area contributed by atoms with Crippen LogP contribution in [0.5, 0.6) is 0 Å². The van der Waals surface area contributed by atoms with Crippen molar-refractivity contribution in [2.45, 2.75) is 30.5 Å². The van der Waals surface area contributed by atoms with Crippen molar-refractivity contribution in [3.63, 3.8) is 0 Å². The van der Waals surface area contributed by atoms with E-state index in [2.05, 4.69) is 9.62 Å². The number of fused-ring (bicyclic) bond motifs is 1. The van der Waals surface area contributed by atoms with Crippen LogP contribution in [0.3, 0.4) is 0 Å². The van der Waals surface area contributed by atoms with Crippen LogP contribution < -0.4 is 9.62 Å². The number of alkyl halides is 3. The molecule has 0 spiro atoms. The van der Waals surface area contributed by atoms with Crippen LogP contribution in [0, 0.1) is 5.82 Å². The summed E-state index contributed by atoms with van der Waals surface area (Å²) in [6.45, 7) is 3.08. The Hall–Kier alpha value is -1.93. The maximum atomic E-state index is 13.3. The molecule has 0 amide bonds. The normalized spacial score (nSPS) is 16.4. The number of benzene rings is 2. The Morgan fingerprint density at radius 1 is 1.19 bits per heavy atom. The van der Waals surface area contributed by atoms with Crippen LogP contribution in [0.15, 0.2) is 47.4 Å². The first-order valence-electron chi connectivity index (χ1n) is 8.13. The average molecular weight is 386 g/mol. The van der Waals surface area contributed by atoms with Gasteiger partial charge in [0.05, 0.1) is 10.5 Å². The highest BCUT2D eigenvalue weighted by molar-refractivity contribution is 7.83. The number of rotatable bonds is 5. The van der Waals surface area contributed by atoms with Gasteiger partial charge in [-0.25, -0.2) is 13.3 Å². The minimum atomic E-state index is -4.41. The van der Waals surface area contributed by atoms with Gasteiger partial charge < -0.3 is 4.90 Å². The molecule has 2 unspecified atom stereocenters. The van der Waals surface area contributed by atoms with Gasteiger partial charge in [0, 0.05) is 24.8 Å². The Bertz CT molecular complexity index is 808. The first-order valence-corrected chi connectivity index (χ1v) is 9.28. The summed E-state index contributed by atoms with van der Waals surface area (Å²) in [4.78, 5) is 2.39. The van der Waals surface area contributed by atoms with E-state index in [1.165, 1.54) is 24.3 Å². The second-order valence-electron chi connectivity index (χ2n) is 6.20. The molecule has 1 heterocycles. The van der Waals surface area contributed by atoms with Gasteiger partial charge in [0.15, 0.2) is 0 Å². The van der Waals surface area contributed by atoms with Crippen LogP contribution in [-0.2, 0) is 23.6 Å². The van der Waals surface area contributed by atoms with E-state index in [1.807, 2.05) is 6.92 Å². The number of nitrogens with zero attached hydrogens (tertiary/aromatic N) is 1. The van der Waals surface area contributed by atoms with Crippen molar-refractivity contribution >= 4 is 16.7 Å². The molecule has 0 radical (unpaired) electrons. The van der Waals surface area contributed by atoms with E-state index >= 15 is 0 Å². The molecular weight excluding hydrogens is 368 g/mol. The standard InChI is InChI=1S/C18H18F4N2OS/c1-12(24-9-8-13-10-15(19)4-7-17(13)24)11-23-26(25)16-5-2-14(3-6-16)18(20,21)22/h2-7,10,12,23H,8-9,11H2,1H3. The van der Waals surface area contributed by atoms with E-state index in [4.69, 9.17) is 0 Å². The lowest BCUT2D eigenvalue weighted by molar-refractivity contribution is -0.137. The topological polar surface area (TPSA) is 32.3 Å². The maximum Gasteiger partial charge on any atom is 0.416 e. The van der Waals surface area contributed by atoms with Gasteiger partial charge in [0.1, 0.15) is 16.8 Å². The molecule has 0 saturated heterocycles. The minimum absolute atomic E-state index is 0.000101. The Kier molecular flexibility index (Phi) is 5.34. The van der Waals surface area contributed by atoms with E-state index < -0.39 is 22.7 Å². The largest absolute Gasteiger partial charge is 0.416 e. The molecule has 3 nitrogen and oxygen atoms in total. The van der Waals surface area contributed by atoms with Gasteiger partial charge in [0.25, 0.3) is 0 Å². The number of nitrogens with one attached hydrogen (secondary N) is 1. The minimum Gasteiger partial charge on any atom is -0.367 e. The van der Waals surface area contributed by atoms with Crippen LogP contribution in [0.2, 0.25) is 0 Å². The number of halogens is 4. The molecule has 0 fully saturated rings. The van der Waals surface area contributed by atoms with E-state index in [9.17, 15) is 21.8 Å². The van der Waals surface area contributed by atoms with Crippen molar-refractivity contribution in [3.8, 4) is 0 Å². The van der Waals surface area contributed by atoms with Crippen LogP contribution in [0.25, 0.3) is 0 Å². The van der Waals surface area contributed by atoms with Crippen molar-refractivity contribution in [2.24, 2.45) is 0 Å². The average Bonchev–Trinajstić information content (AvgIpc) is 3.01. The number of hydrogen-bond acceptors (Lipinski definition) is 2. The van der Waals surface area contributed by atoms with Gasteiger partial charge in [-0.15, -0.1) is 0 Å². The molecular formula is C18H18F4N2OS. The molecule has 0 saturated carbocycles. The summed E-state index contributed by atoms with van der Waals surface area (Å²) < 4.78 is 66.1. The SMILES string of the molecule is CC(CNS(=O)c1ccc(C(F)(F)F)cc1)N1CCc2cc(F)ccc21. The Morgan fingerprint density at radius 3 is 2.54 bits per heavy atom. The molecule has 1 aliphatic heterocycles. The monoisotopic (exact) mass is 386 g/mol. The second-order valence-corrected chi connectivity index (χ2v) is 7.50. The third kappa shape index (κ3) is 4.07. The van der Waals surface area contributed by atoms with Crippen molar-refractivity contribution < 1.29 is 21.8 Å². The van der Waals surface area contributed by atoms with Gasteiger partial charge in [-0.3, -0.25) is 0 Å². The lowest BCUT2D eigenvalue weighted by atomic mass is 10.1. The fraction of sp³-hybridized carbons (Fsp3) is 0.333. The summed E-state index contributed by atoms with van der Waals surface area (Å²) >= 11 is 0. The second kappa shape index (κ2) is 7.36. The lowest BCUT2D eigenvalue weighted by Crippen LogP contribution is -2.40. The van der Waals surface area contributed by atoms with Crippen LogP contribution in [0.1, 0.15) is 18.1 Å². The molecule has 26 heavy (non-hydrogen) atoms. The van der Waals surface area contributed by atoms with E-state index in [0.717, 1.165) is 36.3 Å². The lowest BCUT2D eigenvalue weighted by Gasteiger charge is -2.27.